The van der Waals surface area contributed by atoms with Crippen molar-refractivity contribution >= 4 is 0 Å². The Kier molecular flexibility index (Phi) is 4.92. The van der Waals surface area contributed by atoms with Gasteiger partial charge >= 0.3 is 6.18 Å². The van der Waals surface area contributed by atoms with Gasteiger partial charge in [-0.05, 0) is 18.2 Å². The number of benzene rings is 1. The predicted molar refractivity (Wildman–Crippen MR) is 56.8 cm³/mol. The molecule has 0 spiro atoms. The normalized spacial score (nSPS) is 13.4. The van der Waals surface area contributed by atoms with Crippen LogP contribution < -0.4 is 10.5 Å². The largest absolute Gasteiger partial charge is 0.496 e. The van der Waals surface area contributed by atoms with E-state index in [1.807, 2.05) is 0 Å². The first-order valence-electron chi connectivity index (χ1n) is 5.07. The van der Waals surface area contributed by atoms with Gasteiger partial charge in [-0.25, -0.2) is 4.39 Å². The third-order valence-electron chi connectivity index (χ3n) is 2.15. The van der Waals surface area contributed by atoms with Crippen LogP contribution in [0.25, 0.3) is 0 Å². The molecule has 0 aliphatic rings. The predicted octanol–water partition coefficient (Wildman–Crippen LogP) is 2.41. The molecule has 0 aliphatic carbocycles. The number of alkyl halides is 3. The first-order valence-corrected chi connectivity index (χ1v) is 5.07. The molecule has 1 atom stereocenters. The highest BCUT2D eigenvalue weighted by molar-refractivity contribution is 5.36. The van der Waals surface area contributed by atoms with Crippen molar-refractivity contribution in [2.45, 2.75) is 12.2 Å². The van der Waals surface area contributed by atoms with Gasteiger partial charge in [-0.15, -0.1) is 0 Å². The zero-order chi connectivity index (χ0) is 13.8. The fraction of sp³-hybridized carbons (Fsp3) is 0.455. The molecule has 18 heavy (non-hydrogen) atoms. The molecular formula is C11H13F4NO2. The van der Waals surface area contributed by atoms with Gasteiger partial charge in [0.05, 0.1) is 19.8 Å². The van der Waals surface area contributed by atoms with Gasteiger partial charge < -0.3 is 15.2 Å². The molecule has 0 saturated heterocycles. The molecule has 3 nitrogen and oxygen atoms in total. The van der Waals surface area contributed by atoms with E-state index >= 15 is 0 Å². The molecule has 0 aromatic heterocycles. The van der Waals surface area contributed by atoms with Gasteiger partial charge in [0.15, 0.2) is 0 Å². The monoisotopic (exact) mass is 267 g/mol. The lowest BCUT2D eigenvalue weighted by atomic mass is 10.1. The number of hydrogen-bond acceptors (Lipinski definition) is 3. The zero-order valence-corrected chi connectivity index (χ0v) is 9.63. The summed E-state index contributed by atoms with van der Waals surface area (Å²) in [5.41, 5.74) is 5.89. The molecule has 1 aromatic carbocycles. The number of hydrogen-bond donors (Lipinski definition) is 1. The summed E-state index contributed by atoms with van der Waals surface area (Å²) >= 11 is 0. The highest BCUT2D eigenvalue weighted by atomic mass is 19.4. The second-order valence-corrected chi connectivity index (χ2v) is 3.62. The quantitative estimate of drug-likeness (QED) is 0.833. The van der Waals surface area contributed by atoms with Crippen LogP contribution in [0.2, 0.25) is 0 Å². The van der Waals surface area contributed by atoms with E-state index in [9.17, 15) is 17.6 Å². The first kappa shape index (κ1) is 14.7. The summed E-state index contributed by atoms with van der Waals surface area (Å²) in [6.07, 6.45) is -4.41. The average molecular weight is 267 g/mol. The molecule has 0 fully saturated rings. The van der Waals surface area contributed by atoms with E-state index in [4.69, 9.17) is 10.5 Å². The number of rotatable bonds is 5. The highest BCUT2D eigenvalue weighted by Crippen LogP contribution is 2.25. The van der Waals surface area contributed by atoms with Crippen molar-refractivity contribution in [3.63, 3.8) is 0 Å². The maximum Gasteiger partial charge on any atom is 0.411 e. The summed E-state index contributed by atoms with van der Waals surface area (Å²) in [6.45, 7) is -1.77. The fourth-order valence-corrected chi connectivity index (χ4v) is 1.39. The Bertz CT molecular complexity index is 395. The van der Waals surface area contributed by atoms with Crippen molar-refractivity contribution in [3.05, 3.63) is 29.6 Å². The molecule has 2 N–H and O–H groups in total. The summed E-state index contributed by atoms with van der Waals surface area (Å²) in [6, 6.07) is 2.75. The molecule has 1 aromatic rings. The molecule has 0 radical (unpaired) electrons. The van der Waals surface area contributed by atoms with E-state index < -0.39 is 24.6 Å². The van der Waals surface area contributed by atoms with Crippen molar-refractivity contribution in [1.82, 2.24) is 0 Å². The summed E-state index contributed by atoms with van der Waals surface area (Å²) in [4.78, 5) is 0. The Morgan fingerprint density at radius 1 is 1.33 bits per heavy atom. The van der Waals surface area contributed by atoms with Crippen molar-refractivity contribution in [2.24, 2.45) is 5.73 Å². The van der Waals surface area contributed by atoms with Gasteiger partial charge in [-0.3, -0.25) is 0 Å². The van der Waals surface area contributed by atoms with Gasteiger partial charge in [0.1, 0.15) is 18.2 Å². The minimum absolute atomic E-state index is 0.264. The summed E-state index contributed by atoms with van der Waals surface area (Å²) in [5, 5.41) is 0. The van der Waals surface area contributed by atoms with E-state index in [0.717, 1.165) is 6.07 Å². The van der Waals surface area contributed by atoms with E-state index in [0.29, 0.717) is 5.75 Å². The lowest BCUT2D eigenvalue weighted by Gasteiger charge is -2.16. The van der Waals surface area contributed by atoms with E-state index in [1.165, 1.54) is 19.2 Å². The third kappa shape index (κ3) is 4.50. The molecule has 1 rings (SSSR count). The van der Waals surface area contributed by atoms with Gasteiger partial charge in [0, 0.05) is 5.56 Å². The first-order chi connectivity index (χ1) is 8.33. The maximum absolute atomic E-state index is 13.0. The summed E-state index contributed by atoms with van der Waals surface area (Å²) < 4.78 is 58.0. The summed E-state index contributed by atoms with van der Waals surface area (Å²) in [5.74, 6) is -0.239. The van der Waals surface area contributed by atoms with Crippen molar-refractivity contribution in [2.75, 3.05) is 20.3 Å². The van der Waals surface area contributed by atoms with Gasteiger partial charge in [-0.1, -0.05) is 0 Å². The van der Waals surface area contributed by atoms with Crippen molar-refractivity contribution < 1.29 is 27.0 Å². The van der Waals surface area contributed by atoms with Crippen molar-refractivity contribution in [1.29, 1.82) is 0 Å². The Morgan fingerprint density at radius 2 is 2.00 bits per heavy atom. The Hall–Kier alpha value is -1.34. The minimum atomic E-state index is -4.41. The standard InChI is InChI=1S/C11H13F4NO2/c1-17-10-3-2-7(12)4-8(10)9(16)5-18-6-11(13,14)15/h2-4,9H,5-6,16H2,1H3. The molecule has 0 heterocycles. The molecule has 7 heteroatoms. The van der Waals surface area contributed by atoms with Crippen LogP contribution in [0.1, 0.15) is 11.6 Å². The van der Waals surface area contributed by atoms with E-state index in [1.54, 1.807) is 0 Å². The minimum Gasteiger partial charge on any atom is -0.496 e. The van der Waals surface area contributed by atoms with Crippen LogP contribution in [0, 0.1) is 5.82 Å². The lowest BCUT2D eigenvalue weighted by Crippen LogP contribution is -2.23. The van der Waals surface area contributed by atoms with Crippen LogP contribution in [0.4, 0.5) is 17.6 Å². The average Bonchev–Trinajstić information content (AvgIpc) is 2.27. The van der Waals surface area contributed by atoms with Crippen LogP contribution >= 0.6 is 0 Å². The molecule has 102 valence electrons. The van der Waals surface area contributed by atoms with Gasteiger partial charge in [-0.2, -0.15) is 13.2 Å². The number of methoxy groups -OCH3 is 1. The van der Waals surface area contributed by atoms with Gasteiger partial charge in [0.25, 0.3) is 0 Å². The second kappa shape index (κ2) is 6.01. The topological polar surface area (TPSA) is 44.5 Å². The number of ether oxygens (including phenoxy) is 2. The maximum atomic E-state index is 13.0. The number of halogens is 4. The van der Waals surface area contributed by atoms with E-state index in [2.05, 4.69) is 4.74 Å². The van der Waals surface area contributed by atoms with Crippen LogP contribution in [0.15, 0.2) is 18.2 Å². The molecule has 1 unspecified atom stereocenters. The van der Waals surface area contributed by atoms with Crippen LogP contribution in [0.5, 0.6) is 5.75 Å². The Morgan fingerprint density at radius 3 is 2.56 bits per heavy atom. The van der Waals surface area contributed by atoms with Gasteiger partial charge in [0.2, 0.25) is 0 Å². The molecule has 0 amide bonds. The zero-order valence-electron chi connectivity index (χ0n) is 9.63. The molecule has 0 aliphatic heterocycles. The van der Waals surface area contributed by atoms with Crippen molar-refractivity contribution in [3.8, 4) is 5.75 Å². The lowest BCUT2D eigenvalue weighted by molar-refractivity contribution is -0.174. The Labute approximate surface area is 101 Å². The third-order valence-corrected chi connectivity index (χ3v) is 2.15. The van der Waals surface area contributed by atoms with Crippen LogP contribution in [-0.2, 0) is 4.74 Å². The molecule has 0 bridgehead atoms. The molecule has 0 saturated carbocycles. The second-order valence-electron chi connectivity index (χ2n) is 3.62. The van der Waals surface area contributed by atoms with Crippen LogP contribution in [-0.4, -0.2) is 26.5 Å². The summed E-state index contributed by atoms with van der Waals surface area (Å²) in [7, 11) is 1.36. The highest BCUT2D eigenvalue weighted by Gasteiger charge is 2.28. The Balaban J connectivity index is 2.66. The molecular weight excluding hydrogens is 254 g/mol. The number of nitrogens with two attached hydrogens (primary N) is 1. The smallest absolute Gasteiger partial charge is 0.411 e. The fourth-order valence-electron chi connectivity index (χ4n) is 1.39. The van der Waals surface area contributed by atoms with E-state index in [-0.39, 0.29) is 12.2 Å². The van der Waals surface area contributed by atoms with Crippen LogP contribution in [0.3, 0.4) is 0 Å². The SMILES string of the molecule is COc1ccc(F)cc1C(N)COCC(F)(F)F.